The van der Waals surface area contributed by atoms with Crippen LogP contribution in [0.15, 0.2) is 49.2 Å². The second kappa shape index (κ2) is 4.07. The van der Waals surface area contributed by atoms with E-state index in [0.717, 1.165) is 11.3 Å². The van der Waals surface area contributed by atoms with Crippen molar-refractivity contribution in [3.05, 3.63) is 60.8 Å². The second-order valence-corrected chi connectivity index (χ2v) is 3.83. The normalized spacial score (nSPS) is 10.7. The Morgan fingerprint density at radius 1 is 1.22 bits per heavy atom. The van der Waals surface area contributed by atoms with E-state index in [0.29, 0.717) is 11.3 Å². The highest BCUT2D eigenvalue weighted by Gasteiger charge is 2.11. The number of pyridine rings is 1. The van der Waals surface area contributed by atoms with Gasteiger partial charge in [-0.15, -0.1) is 0 Å². The molecule has 0 atom stereocenters. The second-order valence-electron chi connectivity index (χ2n) is 3.83. The van der Waals surface area contributed by atoms with Crippen molar-refractivity contribution >= 4 is 17.1 Å². The van der Waals surface area contributed by atoms with E-state index < -0.39 is 0 Å². The van der Waals surface area contributed by atoms with Crippen LogP contribution in [-0.4, -0.2) is 14.5 Å². The average Bonchev–Trinajstić information content (AvgIpc) is 2.77. The molecule has 88 valence electrons. The Kier molecular flexibility index (Phi) is 2.41. The van der Waals surface area contributed by atoms with Crippen LogP contribution in [0.5, 0.6) is 0 Å². The molecule has 0 unspecified atom stereocenters. The van der Waals surface area contributed by atoms with Crippen LogP contribution in [0.1, 0.15) is 5.82 Å². The first-order valence-electron chi connectivity index (χ1n) is 5.51. The summed E-state index contributed by atoms with van der Waals surface area (Å²) in [7, 11) is 0. The molecule has 0 saturated carbocycles. The summed E-state index contributed by atoms with van der Waals surface area (Å²) in [5.74, 6) is 1.08. The quantitative estimate of drug-likeness (QED) is 0.687. The number of halogens is 1. The molecule has 3 rings (SSSR count). The number of aromatic nitrogens is 3. The first-order chi connectivity index (χ1) is 8.79. The summed E-state index contributed by atoms with van der Waals surface area (Å²) >= 11 is 0. The number of rotatable bonds is 2. The standard InChI is InChI=1S/C14H10FN3/c1-2-13-17-11-9-10(15)6-7-12(11)18(13)14-5-3-4-8-16-14/h2-9H,1H2. The van der Waals surface area contributed by atoms with Crippen molar-refractivity contribution in [2.75, 3.05) is 0 Å². The summed E-state index contributed by atoms with van der Waals surface area (Å²) in [6, 6.07) is 10.1. The Labute approximate surface area is 103 Å². The molecule has 0 radical (unpaired) electrons. The SMILES string of the molecule is C=Cc1nc2cc(F)ccc2n1-c1ccccn1. The maximum atomic E-state index is 13.2. The number of imidazole rings is 1. The van der Waals surface area contributed by atoms with Gasteiger partial charge in [0, 0.05) is 12.3 Å². The molecular formula is C14H10FN3. The Morgan fingerprint density at radius 3 is 2.83 bits per heavy atom. The van der Waals surface area contributed by atoms with Gasteiger partial charge in [0.15, 0.2) is 0 Å². The fourth-order valence-corrected chi connectivity index (χ4v) is 1.94. The highest BCUT2D eigenvalue weighted by Crippen LogP contribution is 2.21. The van der Waals surface area contributed by atoms with Crippen LogP contribution in [0.4, 0.5) is 4.39 Å². The zero-order valence-corrected chi connectivity index (χ0v) is 9.55. The lowest BCUT2D eigenvalue weighted by atomic mass is 10.3. The minimum atomic E-state index is -0.302. The van der Waals surface area contributed by atoms with Gasteiger partial charge in [-0.2, -0.15) is 0 Å². The maximum Gasteiger partial charge on any atom is 0.138 e. The van der Waals surface area contributed by atoms with Gasteiger partial charge in [0.1, 0.15) is 17.5 Å². The number of hydrogen-bond acceptors (Lipinski definition) is 2. The van der Waals surface area contributed by atoms with Gasteiger partial charge in [-0.3, -0.25) is 4.57 Å². The first kappa shape index (κ1) is 10.7. The van der Waals surface area contributed by atoms with E-state index in [1.165, 1.54) is 12.1 Å². The van der Waals surface area contributed by atoms with Crippen LogP contribution in [0, 0.1) is 5.82 Å². The summed E-state index contributed by atoms with van der Waals surface area (Å²) in [6.45, 7) is 3.73. The van der Waals surface area contributed by atoms with Crippen molar-refractivity contribution in [3.8, 4) is 5.82 Å². The molecule has 18 heavy (non-hydrogen) atoms. The third kappa shape index (κ3) is 1.59. The number of benzene rings is 1. The van der Waals surface area contributed by atoms with Gasteiger partial charge >= 0.3 is 0 Å². The molecule has 0 amide bonds. The van der Waals surface area contributed by atoms with Crippen LogP contribution in [0.25, 0.3) is 22.9 Å². The Balaban J connectivity index is 2.36. The summed E-state index contributed by atoms with van der Waals surface area (Å²) < 4.78 is 15.0. The molecule has 3 aromatic rings. The minimum absolute atomic E-state index is 0.302. The van der Waals surface area contributed by atoms with Gasteiger partial charge in [0.05, 0.1) is 11.0 Å². The van der Waals surface area contributed by atoms with Gasteiger partial charge in [0.25, 0.3) is 0 Å². The van der Waals surface area contributed by atoms with E-state index in [9.17, 15) is 4.39 Å². The monoisotopic (exact) mass is 239 g/mol. The summed E-state index contributed by atoms with van der Waals surface area (Å²) in [5.41, 5.74) is 1.40. The van der Waals surface area contributed by atoms with E-state index in [4.69, 9.17) is 0 Å². The minimum Gasteiger partial charge on any atom is -0.277 e. The smallest absolute Gasteiger partial charge is 0.138 e. The lowest BCUT2D eigenvalue weighted by Gasteiger charge is -2.04. The van der Waals surface area contributed by atoms with E-state index in [1.807, 2.05) is 22.8 Å². The highest BCUT2D eigenvalue weighted by molar-refractivity contribution is 5.79. The molecule has 0 bridgehead atoms. The molecule has 2 heterocycles. The molecule has 0 fully saturated rings. The van der Waals surface area contributed by atoms with Gasteiger partial charge in [-0.25, -0.2) is 14.4 Å². The van der Waals surface area contributed by atoms with Crippen molar-refractivity contribution < 1.29 is 4.39 Å². The average molecular weight is 239 g/mol. The molecule has 0 aliphatic rings. The summed E-state index contributed by atoms with van der Waals surface area (Å²) in [4.78, 5) is 8.62. The molecule has 1 aromatic carbocycles. The van der Waals surface area contributed by atoms with E-state index in [1.54, 1.807) is 18.3 Å². The van der Waals surface area contributed by atoms with Crippen molar-refractivity contribution in [1.82, 2.24) is 14.5 Å². The fourth-order valence-electron chi connectivity index (χ4n) is 1.94. The molecule has 0 spiro atoms. The summed E-state index contributed by atoms with van der Waals surface area (Å²) in [5, 5.41) is 0. The molecule has 0 aliphatic heterocycles. The number of hydrogen-bond donors (Lipinski definition) is 0. The van der Waals surface area contributed by atoms with Gasteiger partial charge in [-0.1, -0.05) is 12.6 Å². The largest absolute Gasteiger partial charge is 0.277 e. The van der Waals surface area contributed by atoms with Crippen molar-refractivity contribution in [3.63, 3.8) is 0 Å². The summed E-state index contributed by atoms with van der Waals surface area (Å²) in [6.07, 6.45) is 3.34. The van der Waals surface area contributed by atoms with Crippen LogP contribution in [0.2, 0.25) is 0 Å². The molecule has 0 aliphatic carbocycles. The van der Waals surface area contributed by atoms with Crippen LogP contribution < -0.4 is 0 Å². The predicted molar refractivity (Wildman–Crippen MR) is 68.9 cm³/mol. The van der Waals surface area contributed by atoms with Crippen molar-refractivity contribution in [2.24, 2.45) is 0 Å². The molecule has 0 saturated heterocycles. The zero-order valence-electron chi connectivity index (χ0n) is 9.55. The van der Waals surface area contributed by atoms with Crippen LogP contribution in [0.3, 0.4) is 0 Å². The zero-order chi connectivity index (χ0) is 12.5. The topological polar surface area (TPSA) is 30.7 Å². The van der Waals surface area contributed by atoms with E-state index >= 15 is 0 Å². The first-order valence-corrected chi connectivity index (χ1v) is 5.51. The Morgan fingerprint density at radius 2 is 2.11 bits per heavy atom. The van der Waals surface area contributed by atoms with Gasteiger partial charge in [-0.05, 0) is 30.3 Å². The number of fused-ring (bicyclic) bond motifs is 1. The lowest BCUT2D eigenvalue weighted by Crippen LogP contribution is -1.98. The third-order valence-corrected chi connectivity index (χ3v) is 2.70. The fraction of sp³-hybridized carbons (Fsp3) is 0. The molecular weight excluding hydrogens is 229 g/mol. The predicted octanol–water partition coefficient (Wildman–Crippen LogP) is 3.20. The molecule has 4 heteroatoms. The van der Waals surface area contributed by atoms with Crippen LogP contribution >= 0.6 is 0 Å². The number of nitrogens with zero attached hydrogens (tertiary/aromatic N) is 3. The van der Waals surface area contributed by atoms with E-state index in [2.05, 4.69) is 16.5 Å². The lowest BCUT2D eigenvalue weighted by molar-refractivity contribution is 0.629. The van der Waals surface area contributed by atoms with Gasteiger partial charge < -0.3 is 0 Å². The maximum absolute atomic E-state index is 13.2. The molecule has 2 aromatic heterocycles. The molecule has 3 nitrogen and oxygen atoms in total. The van der Waals surface area contributed by atoms with Crippen molar-refractivity contribution in [2.45, 2.75) is 0 Å². The van der Waals surface area contributed by atoms with E-state index in [-0.39, 0.29) is 5.82 Å². The van der Waals surface area contributed by atoms with Gasteiger partial charge in [0.2, 0.25) is 0 Å². The van der Waals surface area contributed by atoms with Crippen molar-refractivity contribution in [1.29, 1.82) is 0 Å². The highest BCUT2D eigenvalue weighted by atomic mass is 19.1. The molecule has 0 N–H and O–H groups in total. The Hall–Kier alpha value is -2.49. The Bertz CT molecular complexity index is 716. The van der Waals surface area contributed by atoms with Crippen LogP contribution in [-0.2, 0) is 0 Å². The third-order valence-electron chi connectivity index (χ3n) is 2.70.